The average Bonchev–Trinajstić information content (AvgIpc) is 2.55. The highest BCUT2D eigenvalue weighted by molar-refractivity contribution is 7.89. The Balaban J connectivity index is 1.92. The maximum Gasteiger partial charge on any atom is 0.262 e. The van der Waals surface area contributed by atoms with Gasteiger partial charge in [-0.1, -0.05) is 16.5 Å². The zero-order valence-electron chi connectivity index (χ0n) is 13.0. The topological polar surface area (TPSA) is 93.7 Å². The normalized spacial score (nSPS) is 11.2. The third-order valence-corrected chi connectivity index (χ3v) is 4.40. The molecule has 2 N–H and O–H groups in total. The quantitative estimate of drug-likeness (QED) is 0.710. The number of anilines is 1. The summed E-state index contributed by atoms with van der Waals surface area (Å²) in [5, 5.41) is 2.86. The molecule has 0 saturated heterocycles. The first-order chi connectivity index (χ1) is 11.8. The summed E-state index contributed by atoms with van der Waals surface area (Å²) in [6.45, 7) is -0.601. The van der Waals surface area contributed by atoms with Crippen LogP contribution >= 0.6 is 11.6 Å². The number of benzene rings is 2. The minimum atomic E-state index is -4.03. The SMILES string of the molecule is COc1ccc(Cl)cc1NC(=O)CONS(=O)(=O)c1ccc(F)cc1. The van der Waals surface area contributed by atoms with E-state index in [0.29, 0.717) is 16.5 Å². The molecule has 0 aromatic heterocycles. The van der Waals surface area contributed by atoms with Gasteiger partial charge in [-0.15, -0.1) is 0 Å². The van der Waals surface area contributed by atoms with E-state index in [4.69, 9.17) is 21.2 Å². The van der Waals surface area contributed by atoms with Crippen molar-refractivity contribution >= 4 is 33.2 Å². The Morgan fingerprint density at radius 2 is 1.88 bits per heavy atom. The van der Waals surface area contributed by atoms with Gasteiger partial charge in [0.05, 0.1) is 17.7 Å². The second kappa shape index (κ2) is 8.26. The van der Waals surface area contributed by atoms with Crippen molar-refractivity contribution < 1.29 is 27.2 Å². The van der Waals surface area contributed by atoms with Gasteiger partial charge in [0.1, 0.15) is 18.2 Å². The number of carbonyl (C=O) groups excluding carboxylic acids is 1. The molecule has 0 atom stereocenters. The van der Waals surface area contributed by atoms with Gasteiger partial charge in [0.25, 0.3) is 15.9 Å². The summed E-state index contributed by atoms with van der Waals surface area (Å²) in [5.74, 6) is -0.832. The molecule has 0 radical (unpaired) electrons. The molecule has 0 bridgehead atoms. The van der Waals surface area contributed by atoms with Crippen LogP contribution in [0, 0.1) is 5.82 Å². The van der Waals surface area contributed by atoms with Gasteiger partial charge >= 0.3 is 0 Å². The van der Waals surface area contributed by atoms with Crippen molar-refractivity contribution in [1.29, 1.82) is 0 Å². The molecule has 134 valence electrons. The first kappa shape index (κ1) is 19.1. The monoisotopic (exact) mass is 388 g/mol. The van der Waals surface area contributed by atoms with E-state index >= 15 is 0 Å². The summed E-state index contributed by atoms with van der Waals surface area (Å²) in [4.78, 5) is 18.1. The predicted octanol–water partition coefficient (Wildman–Crippen LogP) is 2.34. The maximum atomic E-state index is 12.8. The van der Waals surface area contributed by atoms with Gasteiger partial charge in [0, 0.05) is 5.02 Å². The fourth-order valence-electron chi connectivity index (χ4n) is 1.80. The Morgan fingerprint density at radius 3 is 2.52 bits per heavy atom. The molecule has 0 unspecified atom stereocenters. The van der Waals surface area contributed by atoms with Gasteiger partial charge in [0.15, 0.2) is 0 Å². The van der Waals surface area contributed by atoms with Gasteiger partial charge in [-0.3, -0.25) is 9.63 Å². The number of ether oxygens (including phenoxy) is 1. The molecule has 2 aromatic carbocycles. The molecule has 10 heteroatoms. The van der Waals surface area contributed by atoms with Crippen molar-refractivity contribution in [3.8, 4) is 5.75 Å². The average molecular weight is 389 g/mol. The smallest absolute Gasteiger partial charge is 0.262 e. The Bertz CT molecular complexity index is 859. The second-order valence-corrected chi connectivity index (χ2v) is 6.80. The van der Waals surface area contributed by atoms with E-state index in [1.165, 1.54) is 13.2 Å². The van der Waals surface area contributed by atoms with Crippen LogP contribution in [0.5, 0.6) is 5.75 Å². The summed E-state index contributed by atoms with van der Waals surface area (Å²) in [6, 6.07) is 8.75. The van der Waals surface area contributed by atoms with Crippen LogP contribution in [0.2, 0.25) is 5.02 Å². The minimum Gasteiger partial charge on any atom is -0.495 e. The summed E-state index contributed by atoms with van der Waals surface area (Å²) in [5.41, 5.74) is 0.310. The summed E-state index contributed by atoms with van der Waals surface area (Å²) >= 11 is 5.84. The molecular weight excluding hydrogens is 375 g/mol. The highest BCUT2D eigenvalue weighted by atomic mass is 35.5. The molecule has 0 aliphatic heterocycles. The van der Waals surface area contributed by atoms with Gasteiger partial charge in [0.2, 0.25) is 0 Å². The number of methoxy groups -OCH3 is 1. The number of hydrogen-bond donors (Lipinski definition) is 2. The van der Waals surface area contributed by atoms with Crippen LogP contribution in [-0.4, -0.2) is 28.0 Å². The third kappa shape index (κ3) is 5.40. The van der Waals surface area contributed by atoms with Crippen molar-refractivity contribution in [3.63, 3.8) is 0 Å². The molecule has 1 amide bonds. The molecule has 25 heavy (non-hydrogen) atoms. The highest BCUT2D eigenvalue weighted by Crippen LogP contribution is 2.27. The van der Waals surface area contributed by atoms with E-state index < -0.39 is 28.4 Å². The predicted molar refractivity (Wildman–Crippen MR) is 89.3 cm³/mol. The van der Waals surface area contributed by atoms with Crippen molar-refractivity contribution in [2.75, 3.05) is 19.0 Å². The zero-order chi connectivity index (χ0) is 18.4. The van der Waals surface area contributed by atoms with Crippen molar-refractivity contribution in [2.24, 2.45) is 0 Å². The van der Waals surface area contributed by atoms with Crippen LogP contribution < -0.4 is 14.9 Å². The van der Waals surface area contributed by atoms with E-state index in [0.717, 1.165) is 24.3 Å². The fraction of sp³-hybridized carbons (Fsp3) is 0.133. The lowest BCUT2D eigenvalue weighted by molar-refractivity contribution is -0.121. The third-order valence-electron chi connectivity index (χ3n) is 2.93. The molecule has 2 aromatic rings. The number of hydrogen-bond acceptors (Lipinski definition) is 5. The second-order valence-electron chi connectivity index (χ2n) is 4.72. The van der Waals surface area contributed by atoms with E-state index in [1.54, 1.807) is 17.0 Å². The number of sulfonamides is 1. The molecule has 7 nitrogen and oxygen atoms in total. The first-order valence-electron chi connectivity index (χ1n) is 6.84. The van der Waals surface area contributed by atoms with Crippen molar-refractivity contribution in [3.05, 3.63) is 53.3 Å². The number of amides is 1. The maximum absolute atomic E-state index is 12.8. The summed E-state index contributed by atoms with van der Waals surface area (Å²) in [6.07, 6.45) is 0. The number of halogens is 2. The Hall–Kier alpha value is -2.20. The van der Waals surface area contributed by atoms with Crippen LogP contribution in [-0.2, 0) is 19.7 Å². The molecule has 0 spiro atoms. The Morgan fingerprint density at radius 1 is 1.20 bits per heavy atom. The number of nitrogens with one attached hydrogen (secondary N) is 2. The largest absolute Gasteiger partial charge is 0.495 e. The number of carbonyl (C=O) groups is 1. The molecule has 0 aliphatic rings. The molecule has 0 fully saturated rings. The molecule has 0 heterocycles. The lowest BCUT2D eigenvalue weighted by Gasteiger charge is -2.11. The van der Waals surface area contributed by atoms with E-state index in [-0.39, 0.29) is 4.90 Å². The van der Waals surface area contributed by atoms with Crippen molar-refractivity contribution in [2.45, 2.75) is 4.90 Å². The van der Waals surface area contributed by atoms with Crippen LogP contribution in [0.25, 0.3) is 0 Å². The molecule has 0 aliphatic carbocycles. The number of rotatable bonds is 7. The van der Waals surface area contributed by atoms with E-state index in [2.05, 4.69) is 5.32 Å². The van der Waals surface area contributed by atoms with Crippen LogP contribution in [0.1, 0.15) is 0 Å². The van der Waals surface area contributed by atoms with Gasteiger partial charge in [-0.25, -0.2) is 12.8 Å². The first-order valence-corrected chi connectivity index (χ1v) is 8.70. The summed E-state index contributed by atoms with van der Waals surface area (Å²) in [7, 11) is -2.61. The summed E-state index contributed by atoms with van der Waals surface area (Å²) < 4.78 is 41.7. The lowest BCUT2D eigenvalue weighted by atomic mass is 10.3. The van der Waals surface area contributed by atoms with Crippen LogP contribution in [0.15, 0.2) is 47.4 Å². The highest BCUT2D eigenvalue weighted by Gasteiger charge is 2.15. The standard InChI is InChI=1S/C15H14ClFN2O5S/c1-23-14-7-2-10(16)8-13(14)18-15(20)9-24-19-25(21,22)12-5-3-11(17)4-6-12/h2-8,19H,9H2,1H3,(H,18,20). The Kier molecular flexibility index (Phi) is 6.32. The van der Waals surface area contributed by atoms with E-state index in [9.17, 15) is 17.6 Å². The zero-order valence-corrected chi connectivity index (χ0v) is 14.5. The van der Waals surface area contributed by atoms with Crippen LogP contribution in [0.3, 0.4) is 0 Å². The Labute approximate surface area is 148 Å². The van der Waals surface area contributed by atoms with Crippen LogP contribution in [0.4, 0.5) is 10.1 Å². The molecule has 0 saturated carbocycles. The fourth-order valence-corrected chi connectivity index (χ4v) is 2.78. The lowest BCUT2D eigenvalue weighted by Crippen LogP contribution is -2.29. The van der Waals surface area contributed by atoms with Crippen molar-refractivity contribution in [1.82, 2.24) is 4.89 Å². The van der Waals surface area contributed by atoms with Gasteiger partial charge < -0.3 is 10.1 Å². The minimum absolute atomic E-state index is 0.203. The molecule has 2 rings (SSSR count). The molecular formula is C15H14ClFN2O5S. The van der Waals surface area contributed by atoms with E-state index in [1.807, 2.05) is 0 Å². The van der Waals surface area contributed by atoms with Gasteiger partial charge in [-0.05, 0) is 42.5 Å². The van der Waals surface area contributed by atoms with Gasteiger partial charge in [-0.2, -0.15) is 0 Å².